The first kappa shape index (κ1) is 14.0. The number of nitrogens with one attached hydrogen (secondary N) is 1. The van der Waals surface area contributed by atoms with Gasteiger partial charge in [0.15, 0.2) is 0 Å². The SMILES string of the molecule is Cc1ccc(CNC2CCOC23CCCCC3)nc1C. The third kappa shape index (κ3) is 2.75. The maximum atomic E-state index is 6.14. The van der Waals surface area contributed by atoms with Crippen molar-refractivity contribution in [1.29, 1.82) is 0 Å². The lowest BCUT2D eigenvalue weighted by Gasteiger charge is -2.38. The minimum absolute atomic E-state index is 0.123. The molecule has 110 valence electrons. The van der Waals surface area contributed by atoms with E-state index < -0.39 is 0 Å². The van der Waals surface area contributed by atoms with Crippen LogP contribution in [0, 0.1) is 13.8 Å². The van der Waals surface area contributed by atoms with E-state index in [0.29, 0.717) is 6.04 Å². The summed E-state index contributed by atoms with van der Waals surface area (Å²) >= 11 is 0. The second-order valence-corrected chi connectivity index (χ2v) is 6.40. The Morgan fingerprint density at radius 2 is 2.05 bits per heavy atom. The fourth-order valence-electron chi connectivity index (χ4n) is 3.68. The summed E-state index contributed by atoms with van der Waals surface area (Å²) in [4.78, 5) is 4.66. The quantitative estimate of drug-likeness (QED) is 0.918. The summed E-state index contributed by atoms with van der Waals surface area (Å²) in [7, 11) is 0. The zero-order chi connectivity index (χ0) is 14.0. The summed E-state index contributed by atoms with van der Waals surface area (Å²) in [5.41, 5.74) is 3.67. The Balaban J connectivity index is 1.63. The van der Waals surface area contributed by atoms with Gasteiger partial charge in [0.1, 0.15) is 0 Å². The van der Waals surface area contributed by atoms with E-state index in [2.05, 4.69) is 36.3 Å². The van der Waals surface area contributed by atoms with Crippen molar-refractivity contribution >= 4 is 0 Å². The first-order chi connectivity index (χ1) is 9.70. The van der Waals surface area contributed by atoms with Crippen molar-refractivity contribution < 1.29 is 4.74 Å². The molecule has 3 rings (SSSR count). The van der Waals surface area contributed by atoms with Gasteiger partial charge < -0.3 is 10.1 Å². The lowest BCUT2D eigenvalue weighted by molar-refractivity contribution is -0.0389. The number of aryl methyl sites for hydroxylation is 2. The number of nitrogens with zero attached hydrogens (tertiary/aromatic N) is 1. The molecule has 1 aliphatic heterocycles. The summed E-state index contributed by atoms with van der Waals surface area (Å²) in [5, 5.41) is 3.72. The van der Waals surface area contributed by atoms with E-state index in [4.69, 9.17) is 4.74 Å². The Bertz CT molecular complexity index is 466. The van der Waals surface area contributed by atoms with Crippen LogP contribution < -0.4 is 5.32 Å². The van der Waals surface area contributed by atoms with Crippen molar-refractivity contribution in [2.24, 2.45) is 0 Å². The molecule has 20 heavy (non-hydrogen) atoms. The molecule has 0 aromatic carbocycles. The normalized spacial score (nSPS) is 25.2. The molecular weight excluding hydrogens is 248 g/mol. The van der Waals surface area contributed by atoms with Gasteiger partial charge in [-0.15, -0.1) is 0 Å². The number of aromatic nitrogens is 1. The van der Waals surface area contributed by atoms with Crippen molar-refractivity contribution in [2.75, 3.05) is 6.61 Å². The van der Waals surface area contributed by atoms with Crippen LogP contribution in [0.15, 0.2) is 12.1 Å². The van der Waals surface area contributed by atoms with E-state index >= 15 is 0 Å². The minimum Gasteiger partial charge on any atom is -0.373 e. The molecule has 1 aromatic rings. The van der Waals surface area contributed by atoms with Gasteiger partial charge >= 0.3 is 0 Å². The number of hydrogen-bond acceptors (Lipinski definition) is 3. The number of ether oxygens (including phenoxy) is 1. The minimum atomic E-state index is 0.123. The van der Waals surface area contributed by atoms with Crippen LogP contribution in [0.3, 0.4) is 0 Å². The molecule has 1 saturated carbocycles. The third-order valence-corrected chi connectivity index (χ3v) is 5.07. The first-order valence-electron chi connectivity index (χ1n) is 8.00. The standard InChI is InChI=1S/C17H26N2O/c1-13-6-7-15(19-14(13)2)12-18-16-8-11-20-17(16)9-4-3-5-10-17/h6-7,16,18H,3-5,8-12H2,1-2H3. The Kier molecular flexibility index (Phi) is 4.08. The smallest absolute Gasteiger partial charge is 0.0835 e. The molecule has 2 heterocycles. The molecule has 3 heteroatoms. The molecule has 2 aliphatic rings. The Morgan fingerprint density at radius 1 is 1.25 bits per heavy atom. The van der Waals surface area contributed by atoms with Crippen LogP contribution in [-0.4, -0.2) is 23.2 Å². The molecule has 1 spiro atoms. The molecule has 2 fully saturated rings. The molecule has 0 radical (unpaired) electrons. The predicted molar refractivity (Wildman–Crippen MR) is 80.7 cm³/mol. The average molecular weight is 274 g/mol. The molecule has 3 nitrogen and oxygen atoms in total. The van der Waals surface area contributed by atoms with Gasteiger partial charge in [-0.25, -0.2) is 0 Å². The largest absolute Gasteiger partial charge is 0.373 e. The summed E-state index contributed by atoms with van der Waals surface area (Å²) in [5.74, 6) is 0. The van der Waals surface area contributed by atoms with Gasteiger partial charge in [0, 0.05) is 24.9 Å². The highest BCUT2D eigenvalue weighted by Gasteiger charge is 2.44. The highest BCUT2D eigenvalue weighted by molar-refractivity contribution is 5.20. The molecule has 0 bridgehead atoms. The van der Waals surface area contributed by atoms with Crippen LogP contribution in [0.4, 0.5) is 0 Å². The van der Waals surface area contributed by atoms with Crippen molar-refractivity contribution in [1.82, 2.24) is 10.3 Å². The van der Waals surface area contributed by atoms with Crippen LogP contribution in [0.2, 0.25) is 0 Å². The molecule has 1 aliphatic carbocycles. The molecular formula is C17H26N2O. The van der Waals surface area contributed by atoms with Crippen molar-refractivity contribution in [3.63, 3.8) is 0 Å². The van der Waals surface area contributed by atoms with Crippen LogP contribution in [0.1, 0.15) is 55.5 Å². The molecule has 1 saturated heterocycles. The van der Waals surface area contributed by atoms with Crippen molar-refractivity contribution in [3.8, 4) is 0 Å². The zero-order valence-corrected chi connectivity index (χ0v) is 12.7. The maximum absolute atomic E-state index is 6.14. The topological polar surface area (TPSA) is 34.1 Å². The number of pyridine rings is 1. The highest BCUT2D eigenvalue weighted by atomic mass is 16.5. The van der Waals surface area contributed by atoms with E-state index in [1.165, 1.54) is 37.7 Å². The fourth-order valence-corrected chi connectivity index (χ4v) is 3.68. The van der Waals surface area contributed by atoms with Gasteiger partial charge in [-0.2, -0.15) is 0 Å². The monoisotopic (exact) mass is 274 g/mol. The molecule has 0 amide bonds. The van der Waals surface area contributed by atoms with E-state index in [-0.39, 0.29) is 5.60 Å². The lowest BCUT2D eigenvalue weighted by Crippen LogP contribution is -2.48. The van der Waals surface area contributed by atoms with Crippen LogP contribution >= 0.6 is 0 Å². The van der Waals surface area contributed by atoms with E-state index in [0.717, 1.165) is 31.0 Å². The van der Waals surface area contributed by atoms with E-state index in [1.807, 2.05) is 0 Å². The third-order valence-electron chi connectivity index (χ3n) is 5.07. The van der Waals surface area contributed by atoms with Gasteiger partial charge in [-0.3, -0.25) is 4.98 Å². The molecule has 1 aromatic heterocycles. The summed E-state index contributed by atoms with van der Waals surface area (Å²) in [6, 6.07) is 4.81. The van der Waals surface area contributed by atoms with Gasteiger partial charge in [-0.05, 0) is 44.7 Å². The Morgan fingerprint density at radius 3 is 2.80 bits per heavy atom. The van der Waals surface area contributed by atoms with Crippen LogP contribution in [0.5, 0.6) is 0 Å². The summed E-state index contributed by atoms with van der Waals surface area (Å²) in [6.45, 7) is 5.97. The van der Waals surface area contributed by atoms with Gasteiger partial charge in [0.2, 0.25) is 0 Å². The van der Waals surface area contributed by atoms with Crippen molar-refractivity contribution in [2.45, 2.75) is 70.6 Å². The molecule has 1 atom stereocenters. The predicted octanol–water partition coefficient (Wildman–Crippen LogP) is 3.28. The zero-order valence-electron chi connectivity index (χ0n) is 12.7. The number of hydrogen-bond donors (Lipinski definition) is 1. The van der Waals surface area contributed by atoms with Gasteiger partial charge in [0.25, 0.3) is 0 Å². The fraction of sp³-hybridized carbons (Fsp3) is 0.706. The highest BCUT2D eigenvalue weighted by Crippen LogP contribution is 2.39. The van der Waals surface area contributed by atoms with Crippen LogP contribution in [-0.2, 0) is 11.3 Å². The second kappa shape index (κ2) is 5.82. The summed E-state index contributed by atoms with van der Waals surface area (Å²) in [6.07, 6.45) is 7.61. The Hall–Kier alpha value is -0.930. The van der Waals surface area contributed by atoms with E-state index in [9.17, 15) is 0 Å². The Labute approximate surface area is 122 Å². The van der Waals surface area contributed by atoms with E-state index in [1.54, 1.807) is 0 Å². The second-order valence-electron chi connectivity index (χ2n) is 6.40. The van der Waals surface area contributed by atoms with Crippen LogP contribution in [0.25, 0.3) is 0 Å². The maximum Gasteiger partial charge on any atom is 0.0835 e. The molecule has 1 unspecified atom stereocenters. The number of rotatable bonds is 3. The lowest BCUT2D eigenvalue weighted by atomic mass is 9.79. The van der Waals surface area contributed by atoms with Crippen molar-refractivity contribution in [3.05, 3.63) is 29.1 Å². The van der Waals surface area contributed by atoms with Gasteiger partial charge in [0.05, 0.1) is 11.3 Å². The summed E-state index contributed by atoms with van der Waals surface area (Å²) < 4.78 is 6.14. The van der Waals surface area contributed by atoms with Gasteiger partial charge in [-0.1, -0.05) is 25.3 Å². The average Bonchev–Trinajstić information content (AvgIpc) is 2.83. The molecule has 1 N–H and O–H groups in total. The first-order valence-corrected chi connectivity index (χ1v) is 8.00.